The Balaban J connectivity index is 1.96. The highest BCUT2D eigenvalue weighted by Crippen LogP contribution is 2.43. The Morgan fingerprint density at radius 1 is 1.15 bits per heavy atom. The second kappa shape index (κ2) is 8.79. The van der Waals surface area contributed by atoms with E-state index in [0.717, 1.165) is 5.56 Å². The first-order valence-electron chi connectivity index (χ1n) is 10.5. The molecule has 2 heterocycles. The number of nitrogens with zero attached hydrogens (tertiary/aromatic N) is 1. The van der Waals surface area contributed by atoms with Gasteiger partial charge in [0.2, 0.25) is 0 Å². The number of amides is 1. The minimum Gasteiger partial charge on any atom is -0.507 e. The van der Waals surface area contributed by atoms with Crippen molar-refractivity contribution >= 4 is 34.7 Å². The fraction of sp³-hybridized carbons (Fsp3) is 0.231. The summed E-state index contributed by atoms with van der Waals surface area (Å²) in [6.07, 6.45) is 1.46. The fourth-order valence-electron chi connectivity index (χ4n) is 4.17. The van der Waals surface area contributed by atoms with E-state index in [1.807, 2.05) is 26.8 Å². The lowest BCUT2D eigenvalue weighted by molar-refractivity contribution is -0.132. The number of aliphatic hydroxyl groups is 1. The Kier molecular flexibility index (Phi) is 6.04. The van der Waals surface area contributed by atoms with Gasteiger partial charge in [0.15, 0.2) is 0 Å². The van der Waals surface area contributed by atoms with Gasteiger partial charge in [0, 0.05) is 16.3 Å². The van der Waals surface area contributed by atoms with Crippen molar-refractivity contribution in [2.45, 2.75) is 32.7 Å². The summed E-state index contributed by atoms with van der Waals surface area (Å²) in [5.41, 5.74) is 2.43. The topological polar surface area (TPSA) is 80.0 Å². The molecule has 33 heavy (non-hydrogen) atoms. The van der Waals surface area contributed by atoms with Gasteiger partial charge in [0.1, 0.15) is 23.3 Å². The van der Waals surface area contributed by atoms with E-state index >= 15 is 0 Å². The van der Waals surface area contributed by atoms with E-state index in [9.17, 15) is 14.7 Å². The van der Waals surface area contributed by atoms with Crippen LogP contribution in [0.2, 0.25) is 5.02 Å². The maximum Gasteiger partial charge on any atom is 0.300 e. The third kappa shape index (κ3) is 3.91. The number of halogens is 1. The number of anilines is 1. The Morgan fingerprint density at radius 3 is 2.52 bits per heavy atom. The molecule has 1 N–H and O–H groups in total. The van der Waals surface area contributed by atoms with Gasteiger partial charge >= 0.3 is 0 Å². The van der Waals surface area contributed by atoms with Gasteiger partial charge in [-0.05, 0) is 66.4 Å². The van der Waals surface area contributed by atoms with Crippen LogP contribution in [0.5, 0.6) is 5.75 Å². The zero-order chi connectivity index (χ0) is 23.9. The zero-order valence-corrected chi connectivity index (χ0v) is 19.5. The highest BCUT2D eigenvalue weighted by molar-refractivity contribution is 6.51. The van der Waals surface area contributed by atoms with Gasteiger partial charge < -0.3 is 14.3 Å². The van der Waals surface area contributed by atoms with Gasteiger partial charge in [-0.3, -0.25) is 14.5 Å². The smallest absolute Gasteiger partial charge is 0.300 e. The molecule has 1 saturated heterocycles. The molecule has 1 aromatic heterocycles. The zero-order valence-electron chi connectivity index (χ0n) is 18.8. The standard InChI is InChI=1S/C26H24ClNO5/c1-14(2)18-13-19(15(3)11-21(18)32-4)24(29)22-23(20-9-6-10-33-20)28(26(31)25(22)30)17-8-5-7-16(27)12-17/h5-14,23,29H,1-4H3/b24-22+. The molecule has 0 bridgehead atoms. The summed E-state index contributed by atoms with van der Waals surface area (Å²) in [7, 11) is 1.59. The summed E-state index contributed by atoms with van der Waals surface area (Å²) in [5.74, 6) is -0.666. The number of Topliss-reactive ketones (excluding diaryl/α,β-unsaturated/α-hetero) is 1. The summed E-state index contributed by atoms with van der Waals surface area (Å²) < 4.78 is 11.1. The van der Waals surface area contributed by atoms with Crippen LogP contribution in [0.25, 0.3) is 5.76 Å². The average molecular weight is 466 g/mol. The van der Waals surface area contributed by atoms with Gasteiger partial charge in [-0.2, -0.15) is 0 Å². The van der Waals surface area contributed by atoms with Crippen LogP contribution in [-0.4, -0.2) is 23.9 Å². The maximum atomic E-state index is 13.2. The van der Waals surface area contributed by atoms with Crippen LogP contribution >= 0.6 is 11.6 Å². The van der Waals surface area contributed by atoms with Gasteiger partial charge in [-0.1, -0.05) is 31.5 Å². The third-order valence-electron chi connectivity index (χ3n) is 5.80. The number of carbonyl (C=O) groups excluding carboxylic acids is 2. The number of benzene rings is 2. The monoisotopic (exact) mass is 465 g/mol. The largest absolute Gasteiger partial charge is 0.507 e. The van der Waals surface area contributed by atoms with Crippen molar-refractivity contribution in [3.63, 3.8) is 0 Å². The Bertz CT molecular complexity index is 1260. The van der Waals surface area contributed by atoms with E-state index in [4.69, 9.17) is 20.8 Å². The molecular weight excluding hydrogens is 442 g/mol. The lowest BCUT2D eigenvalue weighted by Gasteiger charge is -2.24. The first-order chi connectivity index (χ1) is 15.7. The number of ether oxygens (including phenoxy) is 1. The summed E-state index contributed by atoms with van der Waals surface area (Å²) in [5, 5.41) is 11.8. The van der Waals surface area contributed by atoms with Crippen molar-refractivity contribution in [1.82, 2.24) is 0 Å². The molecule has 1 amide bonds. The second-order valence-electron chi connectivity index (χ2n) is 8.23. The van der Waals surface area contributed by atoms with Crippen LogP contribution in [0.15, 0.2) is 64.8 Å². The molecule has 1 atom stereocenters. The maximum absolute atomic E-state index is 13.2. The molecule has 3 aromatic rings. The normalized spacial score (nSPS) is 17.8. The highest BCUT2D eigenvalue weighted by Gasteiger charge is 2.48. The molecular formula is C26H24ClNO5. The number of aryl methyl sites for hydroxylation is 1. The summed E-state index contributed by atoms with van der Waals surface area (Å²) in [6.45, 7) is 5.84. The highest BCUT2D eigenvalue weighted by atomic mass is 35.5. The first kappa shape index (κ1) is 22.7. The molecule has 7 heteroatoms. The minimum atomic E-state index is -0.942. The van der Waals surface area contributed by atoms with Gasteiger partial charge in [0.25, 0.3) is 11.7 Å². The first-order valence-corrected chi connectivity index (χ1v) is 10.9. The molecule has 0 radical (unpaired) electrons. The SMILES string of the molecule is COc1cc(C)c(/C(O)=C2\C(=O)C(=O)N(c3cccc(Cl)c3)C2c2ccco2)cc1C(C)C. The molecule has 2 aromatic carbocycles. The Hall–Kier alpha value is -3.51. The number of furan rings is 1. The van der Waals surface area contributed by atoms with E-state index in [1.165, 1.54) is 11.2 Å². The molecule has 0 aliphatic carbocycles. The third-order valence-corrected chi connectivity index (χ3v) is 6.03. The molecule has 4 rings (SSSR count). The summed E-state index contributed by atoms with van der Waals surface area (Å²) in [6, 6.07) is 12.7. The van der Waals surface area contributed by atoms with Crippen molar-refractivity contribution in [3.8, 4) is 5.75 Å². The van der Waals surface area contributed by atoms with Gasteiger partial charge in [-0.15, -0.1) is 0 Å². The number of ketones is 1. The van der Waals surface area contributed by atoms with Crippen molar-refractivity contribution < 1.29 is 23.8 Å². The van der Waals surface area contributed by atoms with E-state index in [2.05, 4.69) is 0 Å². The molecule has 0 spiro atoms. The summed E-state index contributed by atoms with van der Waals surface area (Å²) in [4.78, 5) is 27.7. The molecule has 1 unspecified atom stereocenters. The van der Waals surface area contributed by atoms with Crippen molar-refractivity contribution in [2.75, 3.05) is 12.0 Å². The van der Waals surface area contributed by atoms with E-state index in [0.29, 0.717) is 33.3 Å². The number of hydrogen-bond acceptors (Lipinski definition) is 5. The predicted molar refractivity (Wildman–Crippen MR) is 127 cm³/mol. The second-order valence-corrected chi connectivity index (χ2v) is 8.66. The molecule has 0 saturated carbocycles. The quantitative estimate of drug-likeness (QED) is 0.284. The number of aliphatic hydroxyl groups excluding tert-OH is 1. The van der Waals surface area contributed by atoms with Gasteiger partial charge in [-0.25, -0.2) is 0 Å². The molecule has 1 aliphatic rings. The van der Waals surface area contributed by atoms with E-state index < -0.39 is 17.7 Å². The van der Waals surface area contributed by atoms with Crippen LogP contribution in [-0.2, 0) is 9.59 Å². The molecule has 1 fully saturated rings. The Morgan fingerprint density at radius 2 is 1.91 bits per heavy atom. The van der Waals surface area contributed by atoms with Crippen molar-refractivity contribution in [2.24, 2.45) is 0 Å². The average Bonchev–Trinajstić information content (AvgIpc) is 3.40. The van der Waals surface area contributed by atoms with Crippen LogP contribution in [0.3, 0.4) is 0 Å². The van der Waals surface area contributed by atoms with E-state index in [1.54, 1.807) is 49.6 Å². The number of hydrogen-bond donors (Lipinski definition) is 1. The molecule has 1 aliphatic heterocycles. The minimum absolute atomic E-state index is 0.0436. The van der Waals surface area contributed by atoms with Gasteiger partial charge in [0.05, 0.1) is 18.9 Å². The number of carbonyl (C=O) groups is 2. The van der Waals surface area contributed by atoms with Crippen LogP contribution < -0.4 is 9.64 Å². The van der Waals surface area contributed by atoms with Crippen LogP contribution in [0, 0.1) is 6.92 Å². The fourth-order valence-corrected chi connectivity index (χ4v) is 4.35. The molecule has 170 valence electrons. The predicted octanol–water partition coefficient (Wildman–Crippen LogP) is 6.00. The lowest BCUT2D eigenvalue weighted by Crippen LogP contribution is -2.29. The van der Waals surface area contributed by atoms with E-state index in [-0.39, 0.29) is 17.3 Å². The van der Waals surface area contributed by atoms with Crippen molar-refractivity contribution in [1.29, 1.82) is 0 Å². The van der Waals surface area contributed by atoms with Crippen LogP contribution in [0.1, 0.15) is 48.3 Å². The number of methoxy groups -OCH3 is 1. The Labute approximate surface area is 197 Å². The number of rotatable bonds is 5. The summed E-state index contributed by atoms with van der Waals surface area (Å²) >= 11 is 6.15. The molecule has 6 nitrogen and oxygen atoms in total. The van der Waals surface area contributed by atoms with Crippen LogP contribution in [0.4, 0.5) is 5.69 Å². The lowest BCUT2D eigenvalue weighted by atomic mass is 9.92. The van der Waals surface area contributed by atoms with Crippen molar-refractivity contribution in [3.05, 3.63) is 87.8 Å².